The maximum absolute atomic E-state index is 4.28. The van der Waals surface area contributed by atoms with Crippen LogP contribution in [-0.4, -0.2) is 21.5 Å². The highest BCUT2D eigenvalue weighted by atomic mass is 15.0. The molecule has 0 aromatic carbocycles. The Kier molecular flexibility index (Phi) is 3.09. The Morgan fingerprint density at radius 1 is 1.33 bits per heavy atom. The average Bonchev–Trinajstić information content (AvgIpc) is 2.76. The lowest BCUT2D eigenvalue weighted by molar-refractivity contribution is 0.714. The fourth-order valence-electron chi connectivity index (χ4n) is 1.34. The lowest BCUT2D eigenvalue weighted by atomic mass is 10.3. The van der Waals surface area contributed by atoms with Gasteiger partial charge in [0.2, 0.25) is 0 Å². The molecule has 0 saturated heterocycles. The third-order valence-electron chi connectivity index (χ3n) is 2.10. The topological polar surface area (TPSA) is 53.6 Å². The van der Waals surface area contributed by atoms with Crippen LogP contribution in [0.25, 0.3) is 11.5 Å². The summed E-state index contributed by atoms with van der Waals surface area (Å²) in [4.78, 5) is 11.7. The van der Waals surface area contributed by atoms with E-state index in [1.54, 1.807) is 6.20 Å². The molecule has 0 fully saturated rings. The number of nitrogens with one attached hydrogen (secondary N) is 2. The Bertz CT molecular complexity index is 408. The van der Waals surface area contributed by atoms with Crippen molar-refractivity contribution in [1.82, 2.24) is 20.3 Å². The molecule has 2 N–H and O–H groups in total. The Hall–Kier alpha value is -1.68. The van der Waals surface area contributed by atoms with Crippen LogP contribution >= 0.6 is 0 Å². The monoisotopic (exact) mass is 202 g/mol. The Balaban J connectivity index is 2.14. The predicted octanol–water partition coefficient (Wildman–Crippen LogP) is 1.58. The molecule has 2 aromatic heterocycles. The van der Waals surface area contributed by atoms with Crippen LogP contribution in [0.3, 0.4) is 0 Å². The van der Waals surface area contributed by atoms with E-state index in [2.05, 4.69) is 27.2 Å². The molecule has 2 rings (SSSR count). The van der Waals surface area contributed by atoms with Gasteiger partial charge in [-0.1, -0.05) is 13.0 Å². The summed E-state index contributed by atoms with van der Waals surface area (Å²) in [6.07, 6.45) is 3.61. The first-order chi connectivity index (χ1) is 7.40. The summed E-state index contributed by atoms with van der Waals surface area (Å²) >= 11 is 0. The lowest BCUT2D eigenvalue weighted by Crippen LogP contribution is -2.11. The molecule has 78 valence electrons. The normalized spacial score (nSPS) is 10.5. The van der Waals surface area contributed by atoms with Gasteiger partial charge in [-0.25, -0.2) is 4.98 Å². The molecule has 2 aromatic rings. The molecule has 4 heteroatoms. The Morgan fingerprint density at radius 2 is 2.27 bits per heavy atom. The van der Waals surface area contributed by atoms with Crippen molar-refractivity contribution in [2.45, 2.75) is 13.5 Å². The van der Waals surface area contributed by atoms with E-state index in [4.69, 9.17) is 0 Å². The summed E-state index contributed by atoms with van der Waals surface area (Å²) in [6.45, 7) is 3.85. The SMILES string of the molecule is CCNCc1cnc(-c2ccccn2)[nH]1. The van der Waals surface area contributed by atoms with Crippen LogP contribution in [0, 0.1) is 0 Å². The number of hydrogen-bond acceptors (Lipinski definition) is 3. The highest BCUT2D eigenvalue weighted by Gasteiger charge is 2.02. The minimum absolute atomic E-state index is 0.816. The van der Waals surface area contributed by atoms with Gasteiger partial charge in [0.1, 0.15) is 5.69 Å². The molecule has 0 bridgehead atoms. The van der Waals surface area contributed by atoms with E-state index in [-0.39, 0.29) is 0 Å². The molecule has 0 radical (unpaired) electrons. The highest BCUT2D eigenvalue weighted by molar-refractivity contribution is 5.48. The van der Waals surface area contributed by atoms with Crippen molar-refractivity contribution >= 4 is 0 Å². The summed E-state index contributed by atoms with van der Waals surface area (Å²) in [5.74, 6) is 0.823. The third kappa shape index (κ3) is 2.41. The van der Waals surface area contributed by atoms with Crippen LogP contribution in [0.15, 0.2) is 30.6 Å². The molecule has 0 atom stereocenters. The largest absolute Gasteiger partial charge is 0.339 e. The van der Waals surface area contributed by atoms with Crippen molar-refractivity contribution in [3.05, 3.63) is 36.3 Å². The lowest BCUT2D eigenvalue weighted by Gasteiger charge is -1.97. The molecule has 0 aliphatic carbocycles. The highest BCUT2D eigenvalue weighted by Crippen LogP contribution is 2.11. The number of pyridine rings is 1. The van der Waals surface area contributed by atoms with Gasteiger partial charge in [0.15, 0.2) is 5.82 Å². The fourth-order valence-corrected chi connectivity index (χ4v) is 1.34. The van der Waals surface area contributed by atoms with E-state index in [0.717, 1.165) is 30.3 Å². The first-order valence-corrected chi connectivity index (χ1v) is 5.06. The van der Waals surface area contributed by atoms with Crippen LogP contribution in [-0.2, 0) is 6.54 Å². The van der Waals surface area contributed by atoms with Crippen LogP contribution in [0.5, 0.6) is 0 Å². The third-order valence-corrected chi connectivity index (χ3v) is 2.10. The van der Waals surface area contributed by atoms with Gasteiger partial charge in [-0.2, -0.15) is 0 Å². The summed E-state index contributed by atoms with van der Waals surface area (Å²) in [6, 6.07) is 5.79. The molecule has 0 aliphatic heterocycles. The number of imidazole rings is 1. The van der Waals surface area contributed by atoms with E-state index >= 15 is 0 Å². The molecule has 15 heavy (non-hydrogen) atoms. The van der Waals surface area contributed by atoms with E-state index in [1.807, 2.05) is 24.4 Å². The number of aromatic amines is 1. The molecule has 0 amide bonds. The van der Waals surface area contributed by atoms with Crippen LogP contribution in [0.2, 0.25) is 0 Å². The molecule has 0 aliphatic rings. The van der Waals surface area contributed by atoms with Gasteiger partial charge in [0, 0.05) is 18.4 Å². The zero-order valence-corrected chi connectivity index (χ0v) is 8.70. The quantitative estimate of drug-likeness (QED) is 0.791. The number of hydrogen-bond donors (Lipinski definition) is 2. The van der Waals surface area contributed by atoms with Crippen LogP contribution < -0.4 is 5.32 Å². The smallest absolute Gasteiger partial charge is 0.156 e. The second-order valence-electron chi connectivity index (χ2n) is 3.25. The van der Waals surface area contributed by atoms with E-state index in [0.29, 0.717) is 0 Å². The van der Waals surface area contributed by atoms with Crippen molar-refractivity contribution < 1.29 is 0 Å². The molecular weight excluding hydrogens is 188 g/mol. The van der Waals surface area contributed by atoms with E-state index in [1.165, 1.54) is 0 Å². The Labute approximate surface area is 88.8 Å². The minimum Gasteiger partial charge on any atom is -0.339 e. The van der Waals surface area contributed by atoms with Gasteiger partial charge in [0.25, 0.3) is 0 Å². The summed E-state index contributed by atoms with van der Waals surface area (Å²) in [7, 11) is 0. The number of aromatic nitrogens is 3. The van der Waals surface area contributed by atoms with Crippen molar-refractivity contribution in [2.24, 2.45) is 0 Å². The number of H-pyrrole nitrogens is 1. The number of rotatable bonds is 4. The van der Waals surface area contributed by atoms with Gasteiger partial charge in [0.05, 0.1) is 6.20 Å². The first-order valence-electron chi connectivity index (χ1n) is 5.06. The minimum atomic E-state index is 0.816. The van der Waals surface area contributed by atoms with Gasteiger partial charge >= 0.3 is 0 Å². The van der Waals surface area contributed by atoms with E-state index in [9.17, 15) is 0 Å². The molecule has 4 nitrogen and oxygen atoms in total. The summed E-state index contributed by atoms with van der Waals surface area (Å²) < 4.78 is 0. The first kappa shape index (κ1) is 9.86. The average molecular weight is 202 g/mol. The zero-order chi connectivity index (χ0) is 10.5. The standard InChI is InChI=1S/C11H14N4/c1-2-12-7-9-8-14-11(15-9)10-5-3-4-6-13-10/h3-6,8,12H,2,7H2,1H3,(H,14,15). The predicted molar refractivity (Wildman–Crippen MR) is 59.2 cm³/mol. The van der Waals surface area contributed by atoms with Crippen molar-refractivity contribution in [2.75, 3.05) is 6.54 Å². The van der Waals surface area contributed by atoms with Gasteiger partial charge < -0.3 is 10.3 Å². The maximum Gasteiger partial charge on any atom is 0.156 e. The van der Waals surface area contributed by atoms with Gasteiger partial charge in [-0.05, 0) is 18.7 Å². The van der Waals surface area contributed by atoms with Crippen molar-refractivity contribution in [3.8, 4) is 11.5 Å². The van der Waals surface area contributed by atoms with Gasteiger partial charge in [-0.3, -0.25) is 4.98 Å². The van der Waals surface area contributed by atoms with Crippen molar-refractivity contribution in [3.63, 3.8) is 0 Å². The fraction of sp³-hybridized carbons (Fsp3) is 0.273. The summed E-state index contributed by atoms with van der Waals surface area (Å²) in [5, 5.41) is 3.24. The van der Waals surface area contributed by atoms with Crippen LogP contribution in [0.4, 0.5) is 0 Å². The number of nitrogens with zero attached hydrogens (tertiary/aromatic N) is 2. The van der Waals surface area contributed by atoms with Crippen LogP contribution in [0.1, 0.15) is 12.6 Å². The van der Waals surface area contributed by atoms with Gasteiger partial charge in [-0.15, -0.1) is 0 Å². The molecule has 2 heterocycles. The second kappa shape index (κ2) is 4.70. The van der Waals surface area contributed by atoms with E-state index < -0.39 is 0 Å². The van der Waals surface area contributed by atoms with Crippen molar-refractivity contribution in [1.29, 1.82) is 0 Å². The molecule has 0 saturated carbocycles. The summed E-state index contributed by atoms with van der Waals surface area (Å²) in [5.41, 5.74) is 1.96. The maximum atomic E-state index is 4.28. The second-order valence-corrected chi connectivity index (χ2v) is 3.25. The molecule has 0 unspecified atom stereocenters. The zero-order valence-electron chi connectivity index (χ0n) is 8.70. The molecule has 0 spiro atoms. The molecular formula is C11H14N4. The Morgan fingerprint density at radius 3 is 3.00 bits per heavy atom.